The summed E-state index contributed by atoms with van der Waals surface area (Å²) in [5, 5.41) is 1.85. The van der Waals surface area contributed by atoms with Gasteiger partial charge in [-0.2, -0.15) is 0 Å². The van der Waals surface area contributed by atoms with Gasteiger partial charge in [0.15, 0.2) is 16.3 Å². The van der Waals surface area contributed by atoms with E-state index in [1.165, 1.54) is 23.5 Å². The summed E-state index contributed by atoms with van der Waals surface area (Å²) in [6.07, 6.45) is 1.79. The van der Waals surface area contributed by atoms with Crippen LogP contribution in [0.5, 0.6) is 17.2 Å². The van der Waals surface area contributed by atoms with E-state index < -0.39 is 6.04 Å². The Bertz CT molecular complexity index is 2220. The summed E-state index contributed by atoms with van der Waals surface area (Å²) in [7, 11) is 3.15. The van der Waals surface area contributed by atoms with Crippen molar-refractivity contribution in [1.82, 2.24) is 9.47 Å². The first-order valence-corrected chi connectivity index (χ1v) is 16.5. The van der Waals surface area contributed by atoms with Crippen molar-refractivity contribution < 1.29 is 23.4 Å². The van der Waals surface area contributed by atoms with E-state index in [9.17, 15) is 14.0 Å². The lowest BCUT2D eigenvalue weighted by Crippen LogP contribution is -2.43. The van der Waals surface area contributed by atoms with Crippen molar-refractivity contribution in [3.8, 4) is 17.2 Å². The van der Waals surface area contributed by atoms with Crippen molar-refractivity contribution in [2.75, 3.05) is 27.3 Å². The fourth-order valence-corrected chi connectivity index (χ4v) is 7.12. The van der Waals surface area contributed by atoms with Crippen LogP contribution in [0.3, 0.4) is 0 Å². The number of nitrogens with zero attached hydrogens (tertiary/aromatic N) is 3. The molecule has 0 bridgehead atoms. The zero-order valence-corrected chi connectivity index (χ0v) is 28.3. The first kappa shape index (κ1) is 32.7. The van der Waals surface area contributed by atoms with Crippen LogP contribution >= 0.6 is 11.3 Å². The lowest BCUT2D eigenvalue weighted by atomic mass is 9.90. The highest BCUT2D eigenvalue weighted by Crippen LogP contribution is 2.40. The van der Waals surface area contributed by atoms with Gasteiger partial charge in [0.25, 0.3) is 11.5 Å². The van der Waals surface area contributed by atoms with Gasteiger partial charge in [-0.3, -0.25) is 14.2 Å². The number of methoxy groups -OCH3 is 2. The van der Waals surface area contributed by atoms with Crippen molar-refractivity contribution in [3.05, 3.63) is 132 Å². The molecule has 1 atom stereocenters. The number of benzene rings is 4. The van der Waals surface area contributed by atoms with Gasteiger partial charge in [-0.1, -0.05) is 59.9 Å². The van der Waals surface area contributed by atoms with E-state index in [0.717, 1.165) is 27.5 Å². The summed E-state index contributed by atoms with van der Waals surface area (Å²) in [5.74, 6) is 1.10. The summed E-state index contributed by atoms with van der Waals surface area (Å²) >= 11 is 1.26. The Morgan fingerprint density at radius 3 is 2.38 bits per heavy atom. The van der Waals surface area contributed by atoms with Gasteiger partial charge in [0, 0.05) is 18.7 Å². The number of halogens is 1. The van der Waals surface area contributed by atoms with Gasteiger partial charge < -0.3 is 19.1 Å². The standard InChI is InChI=1S/C38H36FN3O5S/c1-6-41(7-2)37(44)33-23(3)40-38-42(35(33)34-28-11-9-8-10-26(28)15-19-30(34)45-4)36(43)32(48-38)21-25-14-18-29(31(20-25)46-5)47-22-24-12-16-27(39)17-13-24/h8-21,35H,6-7,22H2,1-5H3/b32-21+/t35-/m0/s1. The maximum Gasteiger partial charge on any atom is 0.271 e. The van der Waals surface area contributed by atoms with Gasteiger partial charge in [-0.25, -0.2) is 9.38 Å². The number of carbonyl (C=O) groups excluding carboxylic acids is 1. The lowest BCUT2D eigenvalue weighted by molar-refractivity contribution is -0.127. The molecule has 0 unspecified atom stereocenters. The third-order valence-corrected chi connectivity index (χ3v) is 9.50. The van der Waals surface area contributed by atoms with E-state index in [0.29, 0.717) is 50.9 Å². The Labute approximate surface area is 281 Å². The summed E-state index contributed by atoms with van der Waals surface area (Å²) in [6, 6.07) is 22.5. The maximum absolute atomic E-state index is 14.4. The minimum atomic E-state index is -0.769. The minimum absolute atomic E-state index is 0.170. The monoisotopic (exact) mass is 665 g/mol. The second-order valence-electron chi connectivity index (χ2n) is 11.3. The highest BCUT2D eigenvalue weighted by atomic mass is 32.1. The third kappa shape index (κ3) is 6.11. The number of aromatic nitrogens is 1. The van der Waals surface area contributed by atoms with Crippen LogP contribution in [-0.4, -0.2) is 42.7 Å². The molecule has 8 nitrogen and oxygen atoms in total. The number of likely N-dealkylation sites (N-methyl/N-ethyl adjacent to an activating group) is 1. The largest absolute Gasteiger partial charge is 0.496 e. The Balaban J connectivity index is 1.48. The van der Waals surface area contributed by atoms with Crippen LogP contribution in [0, 0.1) is 5.82 Å². The predicted octanol–water partition coefficient (Wildman–Crippen LogP) is 5.99. The Kier molecular flexibility index (Phi) is 9.45. The molecule has 0 radical (unpaired) electrons. The van der Waals surface area contributed by atoms with Crippen LogP contribution in [0.15, 0.2) is 99.9 Å². The molecule has 2 heterocycles. The normalized spacial score (nSPS) is 14.5. The summed E-state index contributed by atoms with van der Waals surface area (Å²) in [6.45, 7) is 6.97. The van der Waals surface area contributed by atoms with Crippen molar-refractivity contribution >= 4 is 34.1 Å². The van der Waals surface area contributed by atoms with Gasteiger partial charge >= 0.3 is 0 Å². The molecular formula is C38H36FN3O5S. The number of fused-ring (bicyclic) bond motifs is 2. The van der Waals surface area contributed by atoms with Gasteiger partial charge in [-0.05, 0) is 79.1 Å². The van der Waals surface area contributed by atoms with Crippen molar-refractivity contribution in [3.63, 3.8) is 0 Å². The summed E-state index contributed by atoms with van der Waals surface area (Å²) in [5.41, 5.74) is 3.00. The van der Waals surface area contributed by atoms with Crippen LogP contribution in [-0.2, 0) is 11.4 Å². The predicted molar refractivity (Wildman–Crippen MR) is 186 cm³/mol. The zero-order chi connectivity index (χ0) is 33.9. The molecule has 4 aromatic carbocycles. The Morgan fingerprint density at radius 1 is 0.958 bits per heavy atom. The van der Waals surface area contributed by atoms with Crippen molar-refractivity contribution in [2.24, 2.45) is 4.99 Å². The van der Waals surface area contributed by atoms with E-state index in [1.54, 1.807) is 54.0 Å². The second kappa shape index (κ2) is 13.9. The molecule has 48 heavy (non-hydrogen) atoms. The van der Waals surface area contributed by atoms with Crippen LogP contribution in [0.1, 0.15) is 43.5 Å². The number of thiazole rings is 1. The summed E-state index contributed by atoms with van der Waals surface area (Å²) < 4.78 is 32.9. The molecular weight excluding hydrogens is 629 g/mol. The molecule has 0 saturated carbocycles. The molecule has 246 valence electrons. The highest BCUT2D eigenvalue weighted by Gasteiger charge is 2.36. The second-order valence-corrected chi connectivity index (χ2v) is 12.3. The molecule has 1 amide bonds. The number of amides is 1. The lowest BCUT2D eigenvalue weighted by Gasteiger charge is -2.30. The molecule has 0 fully saturated rings. The molecule has 0 spiro atoms. The van der Waals surface area contributed by atoms with Gasteiger partial charge in [0.2, 0.25) is 0 Å². The average Bonchev–Trinajstić information content (AvgIpc) is 3.41. The minimum Gasteiger partial charge on any atom is -0.496 e. The van der Waals surface area contributed by atoms with Gasteiger partial charge in [0.05, 0.1) is 30.0 Å². The van der Waals surface area contributed by atoms with Gasteiger partial charge in [-0.15, -0.1) is 0 Å². The molecule has 6 rings (SSSR count). The van der Waals surface area contributed by atoms with Crippen LogP contribution in [0.25, 0.3) is 16.8 Å². The molecule has 0 N–H and O–H groups in total. The topological polar surface area (TPSA) is 82.4 Å². The van der Waals surface area contributed by atoms with Crippen LogP contribution < -0.4 is 29.1 Å². The molecule has 1 aliphatic rings. The number of ether oxygens (including phenoxy) is 3. The first-order valence-electron chi connectivity index (χ1n) is 15.7. The molecule has 10 heteroatoms. The van der Waals surface area contributed by atoms with Crippen molar-refractivity contribution in [1.29, 1.82) is 0 Å². The van der Waals surface area contributed by atoms with Gasteiger partial charge in [0.1, 0.15) is 24.2 Å². The molecule has 1 aliphatic heterocycles. The van der Waals surface area contributed by atoms with E-state index in [1.807, 2.05) is 63.2 Å². The van der Waals surface area contributed by atoms with E-state index in [4.69, 9.17) is 19.2 Å². The SMILES string of the molecule is CCN(CC)C(=O)C1=C(C)N=c2s/c(=C/c3ccc(OCc4ccc(F)cc4)c(OC)c3)c(=O)n2[C@@H]1c1c(OC)ccc2ccccc12. The highest BCUT2D eigenvalue weighted by molar-refractivity contribution is 7.07. The number of hydrogen-bond donors (Lipinski definition) is 0. The Morgan fingerprint density at radius 2 is 1.67 bits per heavy atom. The fraction of sp³-hybridized carbons (Fsp3) is 0.237. The Hall–Kier alpha value is -5.22. The van der Waals surface area contributed by atoms with Crippen molar-refractivity contribution in [2.45, 2.75) is 33.4 Å². The number of rotatable bonds is 10. The van der Waals surface area contributed by atoms with E-state index >= 15 is 0 Å². The van der Waals surface area contributed by atoms with E-state index in [-0.39, 0.29) is 23.9 Å². The summed E-state index contributed by atoms with van der Waals surface area (Å²) in [4.78, 5) is 35.7. The maximum atomic E-state index is 14.4. The molecule has 0 saturated heterocycles. The fourth-order valence-electron chi connectivity index (χ4n) is 6.07. The van der Waals surface area contributed by atoms with Crippen LogP contribution in [0.2, 0.25) is 0 Å². The van der Waals surface area contributed by atoms with Crippen LogP contribution in [0.4, 0.5) is 4.39 Å². The zero-order valence-electron chi connectivity index (χ0n) is 27.5. The number of allylic oxidation sites excluding steroid dienone is 1. The van der Waals surface area contributed by atoms with E-state index in [2.05, 4.69) is 0 Å². The number of hydrogen-bond acceptors (Lipinski definition) is 7. The molecule has 1 aromatic heterocycles. The molecule has 5 aromatic rings. The molecule has 0 aliphatic carbocycles. The third-order valence-electron chi connectivity index (χ3n) is 8.52. The quantitative estimate of drug-likeness (QED) is 0.183. The number of carbonyl (C=O) groups is 1. The first-order chi connectivity index (χ1) is 23.3. The average molecular weight is 666 g/mol. The smallest absolute Gasteiger partial charge is 0.271 e.